The van der Waals surface area contributed by atoms with Crippen LogP contribution in [0.25, 0.3) is 0 Å². The number of nitrogens with zero attached hydrogens (tertiary/aromatic N) is 1. The van der Waals surface area contributed by atoms with E-state index in [2.05, 4.69) is 10.1 Å². The molecule has 0 radical (unpaired) electrons. The Balaban J connectivity index is 2.37. The van der Waals surface area contributed by atoms with Gasteiger partial charge in [-0.3, -0.25) is 0 Å². The minimum atomic E-state index is -2.79. The summed E-state index contributed by atoms with van der Waals surface area (Å²) in [6.45, 7) is -1.57. The van der Waals surface area contributed by atoms with E-state index in [9.17, 15) is 8.78 Å². The molecule has 0 heterocycles. The second-order valence-electron chi connectivity index (χ2n) is 3.11. The average molecular weight is 226 g/mol. The molecule has 3 nitrogen and oxygen atoms in total. The summed E-state index contributed by atoms with van der Waals surface area (Å²) < 4.78 is 27.9. The molecule has 0 spiro atoms. The second-order valence-corrected chi connectivity index (χ2v) is 3.11. The SMILES string of the molecule is N#CCCNCc1ccc(OC(F)F)cc1. The van der Waals surface area contributed by atoms with E-state index in [0.717, 1.165) is 5.56 Å². The lowest BCUT2D eigenvalue weighted by Gasteiger charge is -2.06. The Bertz CT molecular complexity index is 346. The molecule has 0 unspecified atom stereocenters. The summed E-state index contributed by atoms with van der Waals surface area (Å²) in [5.41, 5.74) is 0.958. The van der Waals surface area contributed by atoms with Crippen LogP contribution in [0.2, 0.25) is 0 Å². The highest BCUT2D eigenvalue weighted by molar-refractivity contribution is 5.27. The zero-order valence-electron chi connectivity index (χ0n) is 8.62. The third-order valence-corrected chi connectivity index (χ3v) is 1.89. The Kier molecular flexibility index (Phi) is 5.23. The maximum atomic E-state index is 11.8. The Hall–Kier alpha value is -1.67. The standard InChI is InChI=1S/C11H12F2N2O/c12-11(13)16-10-4-2-9(3-5-10)8-15-7-1-6-14/h2-5,11,15H,1,7-8H2. The monoisotopic (exact) mass is 226 g/mol. The van der Waals surface area contributed by atoms with Crippen molar-refractivity contribution in [3.8, 4) is 11.8 Å². The Morgan fingerprint density at radius 3 is 2.56 bits per heavy atom. The summed E-state index contributed by atoms with van der Waals surface area (Å²) in [4.78, 5) is 0. The Labute approximate surface area is 92.6 Å². The first-order valence-electron chi connectivity index (χ1n) is 4.84. The molecule has 0 aromatic heterocycles. The highest BCUT2D eigenvalue weighted by Crippen LogP contribution is 2.14. The molecule has 0 saturated heterocycles. The van der Waals surface area contributed by atoms with Crippen LogP contribution in [0.4, 0.5) is 8.78 Å². The van der Waals surface area contributed by atoms with E-state index in [1.165, 1.54) is 12.1 Å². The maximum absolute atomic E-state index is 11.8. The predicted molar refractivity (Wildman–Crippen MR) is 55.0 cm³/mol. The third kappa shape index (κ3) is 4.71. The van der Waals surface area contributed by atoms with Crippen LogP contribution in [0.15, 0.2) is 24.3 Å². The number of hydrogen-bond donors (Lipinski definition) is 1. The van der Waals surface area contributed by atoms with E-state index in [1.807, 2.05) is 6.07 Å². The molecule has 0 fully saturated rings. The van der Waals surface area contributed by atoms with E-state index in [0.29, 0.717) is 19.5 Å². The van der Waals surface area contributed by atoms with Crippen LogP contribution in [-0.4, -0.2) is 13.2 Å². The molecule has 0 atom stereocenters. The van der Waals surface area contributed by atoms with Gasteiger partial charge in [0, 0.05) is 19.5 Å². The summed E-state index contributed by atoms with van der Waals surface area (Å²) >= 11 is 0. The van der Waals surface area contributed by atoms with Crippen LogP contribution < -0.4 is 10.1 Å². The number of rotatable bonds is 6. The minimum absolute atomic E-state index is 0.149. The third-order valence-electron chi connectivity index (χ3n) is 1.89. The first-order valence-corrected chi connectivity index (χ1v) is 4.84. The van der Waals surface area contributed by atoms with Crippen molar-refractivity contribution < 1.29 is 13.5 Å². The summed E-state index contributed by atoms with van der Waals surface area (Å²) in [7, 11) is 0. The normalized spacial score (nSPS) is 10.1. The Morgan fingerprint density at radius 2 is 2.00 bits per heavy atom. The van der Waals surface area contributed by atoms with Crippen molar-refractivity contribution in [3.63, 3.8) is 0 Å². The van der Waals surface area contributed by atoms with Crippen LogP contribution in [0.5, 0.6) is 5.75 Å². The minimum Gasteiger partial charge on any atom is -0.435 e. The molecule has 1 aromatic rings. The summed E-state index contributed by atoms with van der Waals surface area (Å²) in [6, 6.07) is 8.42. The lowest BCUT2D eigenvalue weighted by atomic mass is 10.2. The van der Waals surface area contributed by atoms with Crippen molar-refractivity contribution in [2.75, 3.05) is 6.54 Å². The largest absolute Gasteiger partial charge is 0.435 e. The van der Waals surface area contributed by atoms with E-state index < -0.39 is 6.61 Å². The van der Waals surface area contributed by atoms with Gasteiger partial charge < -0.3 is 10.1 Å². The first-order chi connectivity index (χ1) is 7.72. The van der Waals surface area contributed by atoms with Gasteiger partial charge in [0.05, 0.1) is 6.07 Å². The van der Waals surface area contributed by atoms with E-state index in [4.69, 9.17) is 5.26 Å². The average Bonchev–Trinajstić information content (AvgIpc) is 2.26. The lowest BCUT2D eigenvalue weighted by Crippen LogP contribution is -2.14. The molecule has 1 rings (SSSR count). The maximum Gasteiger partial charge on any atom is 0.387 e. The fourth-order valence-corrected chi connectivity index (χ4v) is 1.17. The molecular weight excluding hydrogens is 214 g/mol. The molecule has 86 valence electrons. The fraction of sp³-hybridized carbons (Fsp3) is 0.364. The zero-order valence-corrected chi connectivity index (χ0v) is 8.62. The van der Waals surface area contributed by atoms with Crippen molar-refractivity contribution >= 4 is 0 Å². The number of ether oxygens (including phenoxy) is 1. The number of nitrogens with one attached hydrogen (secondary N) is 1. The van der Waals surface area contributed by atoms with Crippen molar-refractivity contribution in [2.45, 2.75) is 19.6 Å². The van der Waals surface area contributed by atoms with Gasteiger partial charge >= 0.3 is 6.61 Å². The van der Waals surface area contributed by atoms with Crippen LogP contribution >= 0.6 is 0 Å². The fourth-order valence-electron chi connectivity index (χ4n) is 1.17. The molecule has 0 bridgehead atoms. The van der Waals surface area contributed by atoms with Gasteiger partial charge in [-0.1, -0.05) is 12.1 Å². The molecule has 5 heteroatoms. The van der Waals surface area contributed by atoms with Gasteiger partial charge in [0.2, 0.25) is 0 Å². The van der Waals surface area contributed by atoms with Crippen LogP contribution in [0.1, 0.15) is 12.0 Å². The van der Waals surface area contributed by atoms with Gasteiger partial charge in [0.1, 0.15) is 5.75 Å². The summed E-state index contributed by atoms with van der Waals surface area (Å²) in [5.74, 6) is 0.149. The highest BCUT2D eigenvalue weighted by atomic mass is 19.3. The van der Waals surface area contributed by atoms with Gasteiger partial charge in [0.25, 0.3) is 0 Å². The first kappa shape index (κ1) is 12.4. The van der Waals surface area contributed by atoms with Gasteiger partial charge in [-0.05, 0) is 17.7 Å². The van der Waals surface area contributed by atoms with Crippen molar-refractivity contribution in [3.05, 3.63) is 29.8 Å². The molecule has 0 amide bonds. The van der Waals surface area contributed by atoms with Crippen molar-refractivity contribution in [1.82, 2.24) is 5.32 Å². The van der Waals surface area contributed by atoms with E-state index in [1.54, 1.807) is 12.1 Å². The second kappa shape index (κ2) is 6.75. The molecule has 0 saturated carbocycles. The van der Waals surface area contributed by atoms with E-state index >= 15 is 0 Å². The summed E-state index contributed by atoms with van der Waals surface area (Å²) in [5, 5.41) is 11.4. The molecule has 0 aliphatic carbocycles. The van der Waals surface area contributed by atoms with Gasteiger partial charge in [-0.15, -0.1) is 0 Å². The number of nitriles is 1. The number of hydrogen-bond acceptors (Lipinski definition) is 3. The van der Waals surface area contributed by atoms with Gasteiger partial charge in [-0.25, -0.2) is 0 Å². The number of benzene rings is 1. The van der Waals surface area contributed by atoms with Crippen molar-refractivity contribution in [2.24, 2.45) is 0 Å². The quantitative estimate of drug-likeness (QED) is 0.757. The molecule has 1 aromatic carbocycles. The smallest absolute Gasteiger partial charge is 0.387 e. The highest BCUT2D eigenvalue weighted by Gasteiger charge is 2.03. The number of alkyl halides is 2. The molecule has 16 heavy (non-hydrogen) atoms. The van der Waals surface area contributed by atoms with Crippen molar-refractivity contribution in [1.29, 1.82) is 5.26 Å². The molecule has 0 aliphatic heterocycles. The topological polar surface area (TPSA) is 45.0 Å². The number of halogens is 2. The molecule has 1 N–H and O–H groups in total. The van der Waals surface area contributed by atoms with Gasteiger partial charge in [0.15, 0.2) is 0 Å². The predicted octanol–water partition coefficient (Wildman–Crippen LogP) is 2.29. The molecular formula is C11H12F2N2O. The van der Waals surface area contributed by atoms with Gasteiger partial charge in [-0.2, -0.15) is 14.0 Å². The lowest BCUT2D eigenvalue weighted by molar-refractivity contribution is -0.0498. The van der Waals surface area contributed by atoms with E-state index in [-0.39, 0.29) is 5.75 Å². The van der Waals surface area contributed by atoms with Crippen LogP contribution in [0.3, 0.4) is 0 Å². The Morgan fingerprint density at radius 1 is 1.31 bits per heavy atom. The molecule has 0 aliphatic rings. The van der Waals surface area contributed by atoms with Crippen LogP contribution in [0, 0.1) is 11.3 Å². The summed E-state index contributed by atoms with van der Waals surface area (Å²) in [6.07, 6.45) is 0.451. The zero-order chi connectivity index (χ0) is 11.8. The van der Waals surface area contributed by atoms with Crippen LogP contribution in [-0.2, 0) is 6.54 Å².